The number of benzene rings is 2. The van der Waals surface area contributed by atoms with Crippen LogP contribution in [0.3, 0.4) is 0 Å². The molecule has 0 fully saturated rings. The lowest BCUT2D eigenvalue weighted by Crippen LogP contribution is -2.13. The monoisotopic (exact) mass is 349 g/mol. The third-order valence-corrected chi connectivity index (χ3v) is 4.35. The van der Waals surface area contributed by atoms with Gasteiger partial charge in [-0.25, -0.2) is 4.39 Å². The summed E-state index contributed by atoms with van der Waals surface area (Å²) in [4.78, 5) is 0. The van der Waals surface area contributed by atoms with Crippen molar-refractivity contribution in [3.8, 4) is 5.75 Å². The highest BCUT2D eigenvalue weighted by atomic mass is 79.9. The Labute approximate surface area is 132 Å². The van der Waals surface area contributed by atoms with Gasteiger partial charge in [-0.1, -0.05) is 28.1 Å². The summed E-state index contributed by atoms with van der Waals surface area (Å²) in [6.45, 7) is 0.765. The Morgan fingerprint density at radius 1 is 1.24 bits per heavy atom. The van der Waals surface area contributed by atoms with Gasteiger partial charge >= 0.3 is 0 Å². The van der Waals surface area contributed by atoms with Gasteiger partial charge in [0.15, 0.2) is 0 Å². The molecule has 0 aliphatic carbocycles. The number of nitrogens with two attached hydrogens (primary N) is 1. The van der Waals surface area contributed by atoms with Crippen molar-refractivity contribution in [3.63, 3.8) is 0 Å². The van der Waals surface area contributed by atoms with Crippen LogP contribution in [0.4, 0.5) is 4.39 Å². The summed E-state index contributed by atoms with van der Waals surface area (Å²) in [5.41, 5.74) is 9.19. The maximum absolute atomic E-state index is 13.8. The molecule has 1 atom stereocenters. The van der Waals surface area contributed by atoms with E-state index in [9.17, 15) is 4.39 Å². The van der Waals surface area contributed by atoms with Gasteiger partial charge in [0.1, 0.15) is 11.6 Å². The number of fused-ring (bicyclic) bond motifs is 1. The molecule has 1 unspecified atom stereocenters. The van der Waals surface area contributed by atoms with Crippen molar-refractivity contribution in [2.24, 2.45) is 5.73 Å². The zero-order valence-electron chi connectivity index (χ0n) is 11.6. The summed E-state index contributed by atoms with van der Waals surface area (Å²) in [6, 6.07) is 10.9. The largest absolute Gasteiger partial charge is 0.493 e. The second-order valence-electron chi connectivity index (χ2n) is 5.35. The molecule has 0 saturated heterocycles. The Morgan fingerprint density at radius 2 is 2.10 bits per heavy atom. The van der Waals surface area contributed by atoms with E-state index in [4.69, 9.17) is 10.5 Å². The molecular weight excluding hydrogens is 333 g/mol. The molecule has 2 aromatic rings. The van der Waals surface area contributed by atoms with Crippen molar-refractivity contribution >= 4 is 15.9 Å². The molecule has 0 aromatic heterocycles. The molecule has 0 saturated carbocycles. The molecular formula is C17H17BrFNO. The van der Waals surface area contributed by atoms with Crippen molar-refractivity contribution in [1.82, 2.24) is 0 Å². The van der Waals surface area contributed by atoms with Gasteiger partial charge in [0.2, 0.25) is 0 Å². The standard InChI is InChI=1S/C17H17BrFNO/c18-13-3-4-15(19)14(10-13)16(20)5-1-11-2-6-17-12(9-11)7-8-21-17/h2-4,6,9-10,16H,1,5,7-8,20H2. The fraction of sp³-hybridized carbons (Fsp3) is 0.294. The first-order chi connectivity index (χ1) is 10.1. The molecule has 110 valence electrons. The maximum atomic E-state index is 13.8. The average molecular weight is 350 g/mol. The van der Waals surface area contributed by atoms with Crippen LogP contribution in [0.2, 0.25) is 0 Å². The van der Waals surface area contributed by atoms with Crippen molar-refractivity contribution in [3.05, 3.63) is 63.4 Å². The van der Waals surface area contributed by atoms with Gasteiger partial charge in [0.05, 0.1) is 6.61 Å². The molecule has 2 N–H and O–H groups in total. The first-order valence-electron chi connectivity index (χ1n) is 7.08. The number of ether oxygens (including phenoxy) is 1. The minimum Gasteiger partial charge on any atom is -0.493 e. The van der Waals surface area contributed by atoms with Crippen LogP contribution < -0.4 is 10.5 Å². The number of halogens is 2. The molecule has 2 aromatic carbocycles. The third kappa shape index (κ3) is 3.27. The van der Waals surface area contributed by atoms with E-state index in [0.717, 1.165) is 29.7 Å². The van der Waals surface area contributed by atoms with Gasteiger partial charge in [0, 0.05) is 22.5 Å². The van der Waals surface area contributed by atoms with Crippen LogP contribution in [-0.2, 0) is 12.8 Å². The van der Waals surface area contributed by atoms with E-state index in [1.165, 1.54) is 17.2 Å². The van der Waals surface area contributed by atoms with Crippen LogP contribution in [0, 0.1) is 5.82 Å². The van der Waals surface area contributed by atoms with Gasteiger partial charge in [-0.2, -0.15) is 0 Å². The fourth-order valence-electron chi connectivity index (χ4n) is 2.67. The predicted molar refractivity (Wildman–Crippen MR) is 85.0 cm³/mol. The molecule has 0 spiro atoms. The minimum atomic E-state index is -0.299. The van der Waals surface area contributed by atoms with Gasteiger partial charge < -0.3 is 10.5 Å². The highest BCUT2D eigenvalue weighted by Crippen LogP contribution is 2.28. The van der Waals surface area contributed by atoms with Crippen LogP contribution >= 0.6 is 15.9 Å². The summed E-state index contributed by atoms with van der Waals surface area (Å²) >= 11 is 3.36. The van der Waals surface area contributed by atoms with Crippen LogP contribution in [-0.4, -0.2) is 6.61 Å². The molecule has 1 aliphatic rings. The van der Waals surface area contributed by atoms with E-state index < -0.39 is 0 Å². The Bertz CT molecular complexity index is 659. The lowest BCUT2D eigenvalue weighted by molar-refractivity contribution is 0.357. The molecule has 0 amide bonds. The van der Waals surface area contributed by atoms with Gasteiger partial charge in [0.25, 0.3) is 0 Å². The van der Waals surface area contributed by atoms with E-state index in [1.807, 2.05) is 6.07 Å². The summed E-state index contributed by atoms with van der Waals surface area (Å²) < 4.78 is 20.2. The average Bonchev–Trinajstić information content (AvgIpc) is 2.94. The van der Waals surface area contributed by atoms with Gasteiger partial charge in [-0.3, -0.25) is 0 Å². The molecule has 3 rings (SSSR count). The molecule has 0 bridgehead atoms. The Hall–Kier alpha value is -1.39. The predicted octanol–water partition coefficient (Wildman–Crippen LogP) is 4.16. The van der Waals surface area contributed by atoms with Crippen molar-refractivity contribution in [1.29, 1.82) is 0 Å². The maximum Gasteiger partial charge on any atom is 0.128 e. The number of aryl methyl sites for hydroxylation is 1. The quantitative estimate of drug-likeness (QED) is 0.899. The Balaban J connectivity index is 1.68. The van der Waals surface area contributed by atoms with E-state index in [0.29, 0.717) is 12.0 Å². The van der Waals surface area contributed by atoms with Crippen molar-refractivity contribution < 1.29 is 9.13 Å². The Kier molecular flexibility index (Phi) is 4.27. The fourth-order valence-corrected chi connectivity index (χ4v) is 3.05. The normalized spacial score (nSPS) is 14.6. The van der Waals surface area contributed by atoms with Crippen LogP contribution in [0.25, 0.3) is 0 Å². The van der Waals surface area contributed by atoms with E-state index in [-0.39, 0.29) is 11.9 Å². The number of rotatable bonds is 4. The SMILES string of the molecule is NC(CCc1ccc2c(c1)CCO2)c1cc(Br)ccc1F. The number of hydrogen-bond donors (Lipinski definition) is 1. The summed E-state index contributed by atoms with van der Waals surface area (Å²) in [5, 5.41) is 0. The second-order valence-corrected chi connectivity index (χ2v) is 6.27. The van der Waals surface area contributed by atoms with Gasteiger partial charge in [-0.15, -0.1) is 0 Å². The van der Waals surface area contributed by atoms with Crippen LogP contribution in [0.1, 0.15) is 29.2 Å². The topological polar surface area (TPSA) is 35.2 Å². The first kappa shape index (κ1) is 14.5. The highest BCUT2D eigenvalue weighted by molar-refractivity contribution is 9.10. The van der Waals surface area contributed by atoms with Crippen LogP contribution in [0.5, 0.6) is 5.75 Å². The van der Waals surface area contributed by atoms with Crippen molar-refractivity contribution in [2.75, 3.05) is 6.61 Å². The lowest BCUT2D eigenvalue weighted by atomic mass is 9.98. The highest BCUT2D eigenvalue weighted by Gasteiger charge is 2.14. The summed E-state index contributed by atoms with van der Waals surface area (Å²) in [5.74, 6) is 0.745. The lowest BCUT2D eigenvalue weighted by Gasteiger charge is -2.14. The second kappa shape index (κ2) is 6.16. The molecule has 0 radical (unpaired) electrons. The van der Waals surface area contributed by atoms with Gasteiger partial charge in [-0.05, 0) is 48.2 Å². The zero-order chi connectivity index (χ0) is 14.8. The Morgan fingerprint density at radius 3 is 2.95 bits per heavy atom. The summed E-state index contributed by atoms with van der Waals surface area (Å²) in [7, 11) is 0. The van der Waals surface area contributed by atoms with E-state index in [1.54, 1.807) is 12.1 Å². The first-order valence-corrected chi connectivity index (χ1v) is 7.88. The van der Waals surface area contributed by atoms with E-state index in [2.05, 4.69) is 28.1 Å². The van der Waals surface area contributed by atoms with Crippen molar-refractivity contribution in [2.45, 2.75) is 25.3 Å². The zero-order valence-corrected chi connectivity index (χ0v) is 13.2. The minimum absolute atomic E-state index is 0.243. The molecule has 4 heteroatoms. The molecule has 21 heavy (non-hydrogen) atoms. The number of hydrogen-bond acceptors (Lipinski definition) is 2. The third-order valence-electron chi connectivity index (χ3n) is 3.86. The molecule has 1 aliphatic heterocycles. The summed E-state index contributed by atoms with van der Waals surface area (Å²) in [6.07, 6.45) is 2.52. The smallest absolute Gasteiger partial charge is 0.128 e. The van der Waals surface area contributed by atoms with E-state index >= 15 is 0 Å². The van der Waals surface area contributed by atoms with Crippen LogP contribution in [0.15, 0.2) is 40.9 Å². The molecule has 1 heterocycles. The molecule has 2 nitrogen and oxygen atoms in total.